The predicted octanol–water partition coefficient (Wildman–Crippen LogP) is 2.75. The molecule has 0 radical (unpaired) electrons. The van der Waals surface area contributed by atoms with Gasteiger partial charge in [0.1, 0.15) is 5.65 Å². The summed E-state index contributed by atoms with van der Waals surface area (Å²) in [5, 5.41) is 6.33. The molecule has 0 unspecified atom stereocenters. The van der Waals surface area contributed by atoms with Crippen LogP contribution < -0.4 is 5.14 Å². The van der Waals surface area contributed by atoms with Crippen molar-refractivity contribution in [3.63, 3.8) is 0 Å². The molecule has 0 spiro atoms. The van der Waals surface area contributed by atoms with Gasteiger partial charge in [-0.25, -0.2) is 18.5 Å². The average molecular weight is 315 g/mol. The fourth-order valence-corrected chi connectivity index (χ4v) is 3.54. The normalized spacial score (nSPS) is 12.0. The van der Waals surface area contributed by atoms with Gasteiger partial charge in [0.2, 0.25) is 10.0 Å². The summed E-state index contributed by atoms with van der Waals surface area (Å²) in [4.78, 5) is 7.71. The Balaban J connectivity index is 2.23. The van der Waals surface area contributed by atoms with E-state index in [0.717, 1.165) is 28.6 Å². The van der Waals surface area contributed by atoms with Crippen molar-refractivity contribution in [3.8, 4) is 11.1 Å². The van der Waals surface area contributed by atoms with Gasteiger partial charge in [-0.15, -0.1) is 0 Å². The van der Waals surface area contributed by atoms with Crippen LogP contribution in [0.1, 0.15) is 18.1 Å². The minimum atomic E-state index is -3.74. The standard InChI is InChI=1S/C16H17N3O2S/c1-3-11-8-18-16-14(11)7-12(9-19-16)13-5-4-6-15(10(13)2)22(17,20)21/h4-9H,3H2,1-2H3,(H,18,19)(H2,17,20,21). The number of aromatic amines is 1. The molecule has 0 amide bonds. The van der Waals surface area contributed by atoms with Crippen molar-refractivity contribution >= 4 is 21.1 Å². The largest absolute Gasteiger partial charge is 0.346 e. The van der Waals surface area contributed by atoms with E-state index in [-0.39, 0.29) is 4.90 Å². The molecular formula is C16H17N3O2S. The number of aromatic nitrogens is 2. The minimum absolute atomic E-state index is 0.148. The topological polar surface area (TPSA) is 88.8 Å². The number of aryl methyl sites for hydroxylation is 1. The molecule has 6 heteroatoms. The number of rotatable bonds is 3. The number of H-pyrrole nitrogens is 1. The Morgan fingerprint density at radius 3 is 2.77 bits per heavy atom. The van der Waals surface area contributed by atoms with E-state index >= 15 is 0 Å². The summed E-state index contributed by atoms with van der Waals surface area (Å²) < 4.78 is 23.3. The Morgan fingerprint density at radius 1 is 1.32 bits per heavy atom. The molecule has 1 aromatic carbocycles. The van der Waals surface area contributed by atoms with Crippen molar-refractivity contribution in [2.24, 2.45) is 5.14 Å². The zero-order chi connectivity index (χ0) is 15.9. The summed E-state index contributed by atoms with van der Waals surface area (Å²) in [6, 6.07) is 7.13. The molecule has 0 fully saturated rings. The zero-order valence-corrected chi connectivity index (χ0v) is 13.2. The molecule has 3 N–H and O–H groups in total. The zero-order valence-electron chi connectivity index (χ0n) is 12.4. The quantitative estimate of drug-likeness (QED) is 0.779. The fourth-order valence-electron chi connectivity index (χ4n) is 2.73. The second-order valence-corrected chi connectivity index (χ2v) is 6.79. The number of fused-ring (bicyclic) bond motifs is 1. The van der Waals surface area contributed by atoms with Gasteiger partial charge >= 0.3 is 0 Å². The lowest BCUT2D eigenvalue weighted by molar-refractivity contribution is 0.597. The van der Waals surface area contributed by atoms with Crippen LogP contribution in [-0.4, -0.2) is 18.4 Å². The van der Waals surface area contributed by atoms with Gasteiger partial charge in [-0.05, 0) is 42.2 Å². The maximum atomic E-state index is 11.7. The Bertz CT molecular complexity index is 959. The summed E-state index contributed by atoms with van der Waals surface area (Å²) in [5.74, 6) is 0. The lowest BCUT2D eigenvalue weighted by atomic mass is 10.0. The third kappa shape index (κ3) is 2.40. The van der Waals surface area contributed by atoms with Gasteiger partial charge in [0.25, 0.3) is 0 Å². The van der Waals surface area contributed by atoms with E-state index in [1.165, 1.54) is 11.6 Å². The van der Waals surface area contributed by atoms with E-state index in [1.54, 1.807) is 19.2 Å². The smallest absolute Gasteiger partial charge is 0.238 e. The summed E-state index contributed by atoms with van der Waals surface area (Å²) in [5.41, 5.74) is 4.36. The number of nitrogens with one attached hydrogen (secondary N) is 1. The van der Waals surface area contributed by atoms with Crippen molar-refractivity contribution < 1.29 is 8.42 Å². The summed E-state index contributed by atoms with van der Waals surface area (Å²) in [6.07, 6.45) is 4.60. The highest BCUT2D eigenvalue weighted by molar-refractivity contribution is 7.89. The number of sulfonamides is 1. The molecule has 0 aliphatic carbocycles. The van der Waals surface area contributed by atoms with Crippen LogP contribution in [0.25, 0.3) is 22.2 Å². The number of hydrogen-bond donors (Lipinski definition) is 2. The van der Waals surface area contributed by atoms with Crippen molar-refractivity contribution in [2.75, 3.05) is 0 Å². The predicted molar refractivity (Wildman–Crippen MR) is 87.0 cm³/mol. The monoisotopic (exact) mass is 315 g/mol. The molecule has 0 bridgehead atoms. The van der Waals surface area contributed by atoms with E-state index in [1.807, 2.05) is 18.3 Å². The van der Waals surface area contributed by atoms with Crippen LogP contribution in [0.5, 0.6) is 0 Å². The second kappa shape index (κ2) is 5.23. The van der Waals surface area contributed by atoms with Gasteiger partial charge in [-0.2, -0.15) is 0 Å². The van der Waals surface area contributed by atoms with Crippen molar-refractivity contribution in [1.82, 2.24) is 9.97 Å². The maximum absolute atomic E-state index is 11.7. The highest BCUT2D eigenvalue weighted by Crippen LogP contribution is 2.30. The molecular weight excluding hydrogens is 298 g/mol. The number of nitrogens with zero attached hydrogens (tertiary/aromatic N) is 1. The van der Waals surface area contributed by atoms with E-state index in [0.29, 0.717) is 5.56 Å². The number of pyridine rings is 1. The first-order valence-corrected chi connectivity index (χ1v) is 8.55. The Labute approximate surface area is 129 Å². The number of primary sulfonamides is 1. The molecule has 114 valence electrons. The highest BCUT2D eigenvalue weighted by atomic mass is 32.2. The lowest BCUT2D eigenvalue weighted by Gasteiger charge is -2.10. The van der Waals surface area contributed by atoms with E-state index in [9.17, 15) is 8.42 Å². The summed E-state index contributed by atoms with van der Waals surface area (Å²) in [7, 11) is -3.74. The number of benzene rings is 1. The molecule has 22 heavy (non-hydrogen) atoms. The van der Waals surface area contributed by atoms with Crippen molar-refractivity contribution in [3.05, 3.63) is 47.8 Å². The molecule has 5 nitrogen and oxygen atoms in total. The second-order valence-electron chi connectivity index (χ2n) is 5.26. The van der Waals surface area contributed by atoms with Crippen LogP contribution in [0.15, 0.2) is 41.6 Å². The van der Waals surface area contributed by atoms with Gasteiger partial charge in [-0.3, -0.25) is 0 Å². The molecule has 0 atom stereocenters. The fraction of sp³-hybridized carbons (Fsp3) is 0.188. The third-order valence-corrected chi connectivity index (χ3v) is 4.95. The van der Waals surface area contributed by atoms with Crippen LogP contribution in [0.2, 0.25) is 0 Å². The first-order valence-electron chi connectivity index (χ1n) is 7.00. The number of hydrogen-bond acceptors (Lipinski definition) is 3. The van der Waals surface area contributed by atoms with Crippen molar-refractivity contribution in [2.45, 2.75) is 25.2 Å². The molecule has 3 rings (SSSR count). The van der Waals surface area contributed by atoms with Gasteiger partial charge in [-0.1, -0.05) is 19.1 Å². The summed E-state index contributed by atoms with van der Waals surface area (Å²) >= 11 is 0. The van der Waals surface area contributed by atoms with Crippen LogP contribution in [0.3, 0.4) is 0 Å². The van der Waals surface area contributed by atoms with Gasteiger partial charge in [0.05, 0.1) is 4.90 Å². The van der Waals surface area contributed by atoms with E-state index in [2.05, 4.69) is 16.9 Å². The van der Waals surface area contributed by atoms with Gasteiger partial charge in [0.15, 0.2) is 0 Å². The van der Waals surface area contributed by atoms with Crippen molar-refractivity contribution in [1.29, 1.82) is 0 Å². The van der Waals surface area contributed by atoms with Crippen LogP contribution in [-0.2, 0) is 16.4 Å². The molecule has 2 heterocycles. The third-order valence-electron chi connectivity index (χ3n) is 3.90. The lowest BCUT2D eigenvalue weighted by Crippen LogP contribution is -2.13. The molecule has 2 aromatic heterocycles. The highest BCUT2D eigenvalue weighted by Gasteiger charge is 2.15. The van der Waals surface area contributed by atoms with Crippen LogP contribution in [0, 0.1) is 6.92 Å². The van der Waals surface area contributed by atoms with E-state index < -0.39 is 10.0 Å². The minimum Gasteiger partial charge on any atom is -0.346 e. The summed E-state index contributed by atoms with van der Waals surface area (Å²) in [6.45, 7) is 3.85. The molecule has 3 aromatic rings. The van der Waals surface area contributed by atoms with Gasteiger partial charge in [0, 0.05) is 23.3 Å². The van der Waals surface area contributed by atoms with Crippen LogP contribution in [0.4, 0.5) is 0 Å². The SMILES string of the molecule is CCc1c[nH]c2ncc(-c3cccc(S(N)(=O)=O)c3C)cc12. The Morgan fingerprint density at radius 2 is 2.09 bits per heavy atom. The molecule has 0 saturated heterocycles. The Kier molecular flexibility index (Phi) is 3.50. The first-order chi connectivity index (χ1) is 10.4. The first kappa shape index (κ1) is 14.7. The molecule has 0 saturated carbocycles. The van der Waals surface area contributed by atoms with E-state index in [4.69, 9.17) is 5.14 Å². The Hall–Kier alpha value is -2.18. The van der Waals surface area contributed by atoms with Gasteiger partial charge < -0.3 is 4.98 Å². The molecule has 0 aliphatic rings. The van der Waals surface area contributed by atoms with Crippen LogP contribution >= 0.6 is 0 Å². The number of nitrogens with two attached hydrogens (primary N) is 1. The maximum Gasteiger partial charge on any atom is 0.238 e. The molecule has 0 aliphatic heterocycles. The average Bonchev–Trinajstić information content (AvgIpc) is 2.88.